The molecule has 0 atom stereocenters. The van der Waals surface area contributed by atoms with Crippen LogP contribution in [0.4, 0.5) is 8.78 Å². The van der Waals surface area contributed by atoms with Gasteiger partial charge in [0.2, 0.25) is 5.43 Å². The van der Waals surface area contributed by atoms with Crippen LogP contribution in [0.5, 0.6) is 0 Å². The number of carbonyl (C=O) groups is 2. The first-order chi connectivity index (χ1) is 13.8. The number of nitrogens with zero attached hydrogens (tertiary/aromatic N) is 1. The minimum absolute atomic E-state index is 0.0444. The van der Waals surface area contributed by atoms with E-state index in [0.717, 1.165) is 6.07 Å². The lowest BCUT2D eigenvalue weighted by atomic mass is 10.00. The van der Waals surface area contributed by atoms with Crippen LogP contribution in [0.25, 0.3) is 10.9 Å². The lowest BCUT2D eigenvalue weighted by Gasteiger charge is -2.18. The lowest BCUT2D eigenvalue weighted by molar-refractivity contribution is -0.143. The average Bonchev–Trinajstić information content (AvgIpc) is 3.15. The van der Waals surface area contributed by atoms with E-state index in [4.69, 9.17) is 4.74 Å². The van der Waals surface area contributed by atoms with Gasteiger partial charge < -0.3 is 9.30 Å². The minimum atomic E-state index is -0.966. The third-order valence-corrected chi connectivity index (χ3v) is 5.36. The van der Waals surface area contributed by atoms with Crippen molar-refractivity contribution in [2.24, 2.45) is 0 Å². The largest absolute Gasteiger partial charge is 0.465 e. The predicted octanol–water partition coefficient (Wildman–Crippen LogP) is 3.89. The number of Topliss-reactive ketones (excluding diaryl/α,β-unsaturated/α-hetero) is 1. The molecule has 3 aromatic rings. The van der Waals surface area contributed by atoms with Gasteiger partial charge in [-0.15, -0.1) is 11.3 Å². The summed E-state index contributed by atoms with van der Waals surface area (Å²) in [6, 6.07) is 3.87. The minimum Gasteiger partial charge on any atom is -0.465 e. The zero-order chi connectivity index (χ0) is 21.1. The Hall–Kier alpha value is -2.87. The molecule has 1 aromatic carbocycles. The number of ether oxygens (including phenoxy) is 1. The van der Waals surface area contributed by atoms with Crippen molar-refractivity contribution >= 4 is 34.0 Å². The number of halogens is 2. The van der Waals surface area contributed by atoms with Gasteiger partial charge in [0.15, 0.2) is 17.4 Å². The Morgan fingerprint density at radius 3 is 2.62 bits per heavy atom. The number of hydrogen-bond donors (Lipinski definition) is 0. The van der Waals surface area contributed by atoms with Crippen LogP contribution in [0.15, 0.2) is 33.8 Å². The zero-order valence-corrected chi connectivity index (χ0v) is 16.8. The fourth-order valence-electron chi connectivity index (χ4n) is 3.35. The Morgan fingerprint density at radius 1 is 1.17 bits per heavy atom. The summed E-state index contributed by atoms with van der Waals surface area (Å²) in [5.41, 5.74) is 0.471. The molecular formula is C21H19F2NO4S. The lowest BCUT2D eigenvalue weighted by Crippen LogP contribution is -2.26. The average molecular weight is 419 g/mol. The summed E-state index contributed by atoms with van der Waals surface area (Å²) in [5, 5.41) is 3.68. The summed E-state index contributed by atoms with van der Waals surface area (Å²) in [4.78, 5) is 37.3. The van der Waals surface area contributed by atoms with Crippen molar-refractivity contribution in [3.05, 3.63) is 67.6 Å². The first-order valence-corrected chi connectivity index (χ1v) is 10.00. The van der Waals surface area contributed by atoms with Crippen LogP contribution in [0, 0.1) is 11.6 Å². The van der Waals surface area contributed by atoms with Crippen molar-refractivity contribution in [3.8, 4) is 0 Å². The number of ketones is 1. The van der Waals surface area contributed by atoms with Crippen molar-refractivity contribution in [2.75, 3.05) is 6.61 Å². The van der Waals surface area contributed by atoms with E-state index < -0.39 is 28.8 Å². The van der Waals surface area contributed by atoms with E-state index in [1.54, 1.807) is 22.3 Å². The van der Waals surface area contributed by atoms with Crippen LogP contribution in [-0.2, 0) is 28.9 Å². The van der Waals surface area contributed by atoms with Crippen LogP contribution in [0.1, 0.15) is 35.5 Å². The second kappa shape index (κ2) is 8.65. The molecule has 0 spiro atoms. The number of fused-ring (bicyclic) bond motifs is 1. The summed E-state index contributed by atoms with van der Waals surface area (Å²) in [6.45, 7) is 2.95. The third-order valence-electron chi connectivity index (χ3n) is 4.63. The molecule has 0 aliphatic rings. The number of benzene rings is 1. The van der Waals surface area contributed by atoms with E-state index in [-0.39, 0.29) is 37.1 Å². The maximum absolute atomic E-state index is 14.1. The smallest absolute Gasteiger partial charge is 0.325 e. The van der Waals surface area contributed by atoms with Gasteiger partial charge in [0, 0.05) is 16.5 Å². The molecule has 0 bridgehead atoms. The highest BCUT2D eigenvalue weighted by molar-refractivity contribution is 7.09. The highest BCUT2D eigenvalue weighted by Crippen LogP contribution is 2.23. The number of carbonyl (C=O) groups excluding carboxylic acids is 2. The Kier molecular flexibility index (Phi) is 6.22. The number of hydrogen-bond acceptors (Lipinski definition) is 5. The topological polar surface area (TPSA) is 65.4 Å². The number of thiophene rings is 1. The molecule has 0 amide bonds. The Labute approximate surface area is 169 Å². The second-order valence-electron chi connectivity index (χ2n) is 6.48. The summed E-state index contributed by atoms with van der Waals surface area (Å²) in [6.07, 6.45) is 0.136. The molecule has 0 radical (unpaired) electrons. The van der Waals surface area contributed by atoms with E-state index >= 15 is 0 Å². The van der Waals surface area contributed by atoms with E-state index in [2.05, 4.69) is 0 Å². The molecule has 0 saturated heterocycles. The molecule has 152 valence electrons. The van der Waals surface area contributed by atoms with Gasteiger partial charge >= 0.3 is 5.97 Å². The molecule has 0 fully saturated rings. The Bertz CT molecular complexity index is 1150. The van der Waals surface area contributed by atoms with Gasteiger partial charge in [0.05, 0.1) is 23.1 Å². The van der Waals surface area contributed by atoms with Gasteiger partial charge in [0.25, 0.3) is 0 Å². The van der Waals surface area contributed by atoms with Crippen LogP contribution in [0.2, 0.25) is 0 Å². The standard InChI is InChI=1S/C21H19F2NO4S/c1-3-28-18(26)9-24-16(8-7-13-5-4-6-15(22)20(13)23)19(12(2)25)21(27)14-10-29-11-17(14)24/h4-6,10-11H,3,7-9H2,1-2H3. The van der Waals surface area contributed by atoms with Crippen molar-refractivity contribution in [1.29, 1.82) is 0 Å². The number of pyridine rings is 1. The monoisotopic (exact) mass is 419 g/mol. The fourth-order valence-corrected chi connectivity index (χ4v) is 4.16. The molecule has 2 heterocycles. The normalized spacial score (nSPS) is 11.0. The van der Waals surface area contributed by atoms with Crippen LogP contribution in [-0.4, -0.2) is 22.9 Å². The molecule has 0 saturated carbocycles. The van der Waals surface area contributed by atoms with Crippen molar-refractivity contribution in [2.45, 2.75) is 33.2 Å². The second-order valence-corrected chi connectivity index (χ2v) is 7.23. The van der Waals surface area contributed by atoms with Gasteiger partial charge in [-0.3, -0.25) is 14.4 Å². The molecule has 0 aliphatic carbocycles. The van der Waals surface area contributed by atoms with Crippen molar-refractivity contribution < 1.29 is 23.1 Å². The number of aromatic nitrogens is 1. The van der Waals surface area contributed by atoms with E-state index in [1.807, 2.05) is 0 Å². The molecule has 2 aromatic heterocycles. The fraction of sp³-hybridized carbons (Fsp3) is 0.286. The van der Waals surface area contributed by atoms with Gasteiger partial charge in [0.1, 0.15) is 6.54 Å². The maximum Gasteiger partial charge on any atom is 0.325 e. The molecular weight excluding hydrogens is 400 g/mol. The molecule has 8 heteroatoms. The Balaban J connectivity index is 2.15. The SMILES string of the molecule is CCOC(=O)Cn1c(CCc2cccc(F)c2F)c(C(C)=O)c(=O)c2cscc21. The van der Waals surface area contributed by atoms with E-state index in [0.29, 0.717) is 16.6 Å². The van der Waals surface area contributed by atoms with Crippen molar-refractivity contribution in [1.82, 2.24) is 4.57 Å². The maximum atomic E-state index is 14.1. The molecule has 3 rings (SSSR count). The first-order valence-electron chi connectivity index (χ1n) is 9.06. The summed E-state index contributed by atoms with van der Waals surface area (Å²) in [5.74, 6) is -2.90. The third kappa shape index (κ3) is 4.12. The van der Waals surface area contributed by atoms with Gasteiger partial charge in [-0.2, -0.15) is 0 Å². The molecule has 0 unspecified atom stereocenters. The van der Waals surface area contributed by atoms with Crippen LogP contribution < -0.4 is 5.43 Å². The molecule has 29 heavy (non-hydrogen) atoms. The van der Waals surface area contributed by atoms with Gasteiger partial charge in [-0.25, -0.2) is 8.78 Å². The highest BCUT2D eigenvalue weighted by atomic mass is 32.1. The summed E-state index contributed by atoms with van der Waals surface area (Å²) in [7, 11) is 0. The van der Waals surface area contributed by atoms with Crippen LogP contribution >= 0.6 is 11.3 Å². The number of esters is 1. The molecule has 5 nitrogen and oxygen atoms in total. The summed E-state index contributed by atoms with van der Waals surface area (Å²) >= 11 is 1.28. The quantitative estimate of drug-likeness (QED) is 0.431. The summed E-state index contributed by atoms with van der Waals surface area (Å²) < 4.78 is 34.2. The molecule has 0 N–H and O–H groups in total. The molecule has 0 aliphatic heterocycles. The van der Waals surface area contributed by atoms with E-state index in [1.165, 1.54) is 30.4 Å². The number of rotatable bonds is 7. The Morgan fingerprint density at radius 2 is 1.93 bits per heavy atom. The highest BCUT2D eigenvalue weighted by Gasteiger charge is 2.22. The van der Waals surface area contributed by atoms with Crippen LogP contribution in [0.3, 0.4) is 0 Å². The van der Waals surface area contributed by atoms with Gasteiger partial charge in [-0.05, 0) is 38.3 Å². The first kappa shape index (κ1) is 20.9. The zero-order valence-electron chi connectivity index (χ0n) is 16.0. The van der Waals surface area contributed by atoms with Gasteiger partial charge in [-0.1, -0.05) is 12.1 Å². The predicted molar refractivity (Wildman–Crippen MR) is 106 cm³/mol. The van der Waals surface area contributed by atoms with Crippen molar-refractivity contribution in [3.63, 3.8) is 0 Å². The van der Waals surface area contributed by atoms with E-state index in [9.17, 15) is 23.2 Å². The number of aryl methyl sites for hydroxylation is 1.